The largest absolute Gasteiger partial charge is 0.496 e. The number of aromatic nitrogens is 3. The molecule has 0 atom stereocenters. The van der Waals surface area contributed by atoms with Crippen LogP contribution in [0.1, 0.15) is 41.6 Å². The summed E-state index contributed by atoms with van der Waals surface area (Å²) in [6.07, 6.45) is 1.27. The number of amides is 3. The van der Waals surface area contributed by atoms with Gasteiger partial charge in [-0.25, -0.2) is 14.6 Å². The molecule has 2 aromatic carbocycles. The van der Waals surface area contributed by atoms with Crippen molar-refractivity contribution in [2.24, 2.45) is 7.05 Å². The molecular weight excluding hydrogens is 512 g/mol. The molecule has 12 nitrogen and oxygen atoms in total. The van der Waals surface area contributed by atoms with Crippen LogP contribution in [0.2, 0.25) is 0 Å². The molecule has 0 saturated carbocycles. The number of nitrogens with zero attached hydrogens (tertiary/aromatic N) is 3. The molecule has 0 fully saturated rings. The third kappa shape index (κ3) is 5.68. The number of ketones is 1. The van der Waals surface area contributed by atoms with E-state index in [1.165, 1.54) is 31.1 Å². The Balaban J connectivity index is 1.46. The first-order valence-electron chi connectivity index (χ1n) is 11.1. The second-order valence-corrected chi connectivity index (χ2v) is 9.02. The fourth-order valence-corrected chi connectivity index (χ4v) is 4.19. The highest BCUT2D eigenvalue weighted by Gasteiger charge is 2.20. The number of urea groups is 1. The van der Waals surface area contributed by atoms with Gasteiger partial charge in [-0.1, -0.05) is 35.1 Å². The average molecular weight is 535 g/mol. The van der Waals surface area contributed by atoms with Crippen LogP contribution in [0.4, 0.5) is 21.4 Å². The predicted octanol–water partition coefficient (Wildman–Crippen LogP) is 4.02. The van der Waals surface area contributed by atoms with Crippen LogP contribution in [0.25, 0.3) is 0 Å². The molecule has 3 amide bonds. The van der Waals surface area contributed by atoms with E-state index in [1.54, 1.807) is 42.5 Å². The summed E-state index contributed by atoms with van der Waals surface area (Å²) in [5.74, 6) is -1.51. The minimum Gasteiger partial charge on any atom is -0.496 e. The lowest BCUT2D eigenvalue weighted by atomic mass is 9.99. The van der Waals surface area contributed by atoms with Gasteiger partial charge >= 0.3 is 12.0 Å². The predicted molar refractivity (Wildman–Crippen MR) is 140 cm³/mol. The zero-order valence-corrected chi connectivity index (χ0v) is 21.3. The number of carbonyl (C=O) groups is 4. The van der Waals surface area contributed by atoms with Crippen LogP contribution in [0, 0.1) is 6.92 Å². The van der Waals surface area contributed by atoms with Crippen molar-refractivity contribution in [3.8, 4) is 5.75 Å². The lowest BCUT2D eigenvalue weighted by Gasteiger charge is -2.13. The maximum atomic E-state index is 13.3. The van der Waals surface area contributed by atoms with E-state index < -0.39 is 17.9 Å². The molecule has 2 heterocycles. The minimum absolute atomic E-state index is 0.133. The molecule has 0 bridgehead atoms. The first kappa shape index (κ1) is 26.0. The number of carboxylic acids is 1. The molecule has 38 heavy (non-hydrogen) atoms. The Hall–Kier alpha value is -5.04. The number of carbonyl (C=O) groups excluding carboxylic acids is 3. The van der Waals surface area contributed by atoms with E-state index in [0.717, 1.165) is 16.9 Å². The number of carboxylic acid groups (broad SMARTS) is 1. The Morgan fingerprint density at radius 1 is 1.00 bits per heavy atom. The van der Waals surface area contributed by atoms with Gasteiger partial charge in [0.05, 0.1) is 24.6 Å². The molecule has 0 unspecified atom stereocenters. The van der Waals surface area contributed by atoms with E-state index in [2.05, 4.69) is 26.0 Å². The highest BCUT2D eigenvalue weighted by molar-refractivity contribution is 7.17. The van der Waals surface area contributed by atoms with Crippen LogP contribution in [0.3, 0.4) is 0 Å². The van der Waals surface area contributed by atoms with Gasteiger partial charge in [-0.3, -0.25) is 19.6 Å². The summed E-state index contributed by atoms with van der Waals surface area (Å²) >= 11 is 0.908. The average Bonchev–Trinajstić information content (AvgIpc) is 3.51. The molecule has 4 aromatic rings. The Morgan fingerprint density at radius 2 is 1.76 bits per heavy atom. The molecule has 0 aliphatic heterocycles. The number of para-hydroxylation sites is 1. The number of aryl methyl sites for hydroxylation is 2. The Morgan fingerprint density at radius 3 is 2.47 bits per heavy atom. The molecule has 0 radical (unpaired) electrons. The quantitative estimate of drug-likeness (QED) is 0.246. The smallest absolute Gasteiger partial charge is 0.356 e. The summed E-state index contributed by atoms with van der Waals surface area (Å²) in [5.41, 5.74) is 1.52. The molecule has 194 valence electrons. The number of ether oxygens (including phenoxy) is 1. The van der Waals surface area contributed by atoms with Crippen molar-refractivity contribution in [3.63, 3.8) is 0 Å². The van der Waals surface area contributed by atoms with Crippen LogP contribution < -0.4 is 20.7 Å². The van der Waals surface area contributed by atoms with Crippen molar-refractivity contribution in [1.82, 2.24) is 14.8 Å². The van der Waals surface area contributed by atoms with Gasteiger partial charge in [-0.2, -0.15) is 5.10 Å². The summed E-state index contributed by atoms with van der Waals surface area (Å²) in [6, 6.07) is 12.4. The summed E-state index contributed by atoms with van der Waals surface area (Å²) in [7, 11) is 2.96. The summed E-state index contributed by atoms with van der Waals surface area (Å²) in [4.78, 5) is 53.9. The van der Waals surface area contributed by atoms with E-state index in [-0.39, 0.29) is 38.6 Å². The van der Waals surface area contributed by atoms with Crippen molar-refractivity contribution < 1.29 is 29.0 Å². The number of methoxy groups -OCH3 is 1. The van der Waals surface area contributed by atoms with Gasteiger partial charge in [0.2, 0.25) is 0 Å². The number of thiazole rings is 1. The first-order chi connectivity index (χ1) is 18.2. The van der Waals surface area contributed by atoms with Gasteiger partial charge in [0.15, 0.2) is 16.6 Å². The number of hydrogen-bond donors (Lipinski definition) is 4. The number of nitrogens with one attached hydrogen (secondary N) is 3. The van der Waals surface area contributed by atoms with E-state index in [4.69, 9.17) is 9.84 Å². The Labute approximate surface area is 220 Å². The third-order valence-electron chi connectivity index (χ3n) is 5.31. The number of anilines is 3. The van der Waals surface area contributed by atoms with Crippen molar-refractivity contribution in [2.75, 3.05) is 23.1 Å². The van der Waals surface area contributed by atoms with Crippen molar-refractivity contribution in [1.29, 1.82) is 0 Å². The second kappa shape index (κ2) is 10.9. The van der Waals surface area contributed by atoms with Crippen LogP contribution >= 0.6 is 11.3 Å². The Bertz CT molecular complexity index is 1560. The first-order valence-corrected chi connectivity index (χ1v) is 11.9. The van der Waals surface area contributed by atoms with Crippen LogP contribution in [0.5, 0.6) is 5.75 Å². The highest BCUT2D eigenvalue weighted by atomic mass is 32.1. The summed E-state index contributed by atoms with van der Waals surface area (Å²) < 4.78 is 6.53. The van der Waals surface area contributed by atoms with Crippen LogP contribution in [-0.2, 0) is 7.05 Å². The standard InChI is InChI=1S/C25H22N6O6S/c1-13-8-9-16(15(10-13)21(32)14-6-4-5-7-18(14)37-3)27-24(36)29-25-26-12-19(38-25)22(33)28-20-11-17(23(34)35)30-31(20)2/h4-12H,1-3H3,(H,28,33)(H,34,35)(H2,26,27,29,36). The monoisotopic (exact) mass is 534 g/mol. The zero-order valence-electron chi connectivity index (χ0n) is 20.4. The molecule has 0 aliphatic rings. The molecule has 4 rings (SSSR count). The van der Waals surface area contributed by atoms with Gasteiger partial charge in [-0.05, 0) is 31.2 Å². The number of hydrogen-bond acceptors (Lipinski definition) is 8. The molecule has 4 N–H and O–H groups in total. The lowest BCUT2D eigenvalue weighted by molar-refractivity contribution is 0.0689. The van der Waals surface area contributed by atoms with Crippen molar-refractivity contribution in [3.05, 3.63) is 82.0 Å². The van der Waals surface area contributed by atoms with Crippen molar-refractivity contribution >= 4 is 51.7 Å². The summed E-state index contributed by atoms with van der Waals surface area (Å²) in [6.45, 7) is 1.83. The molecule has 2 aromatic heterocycles. The van der Waals surface area contributed by atoms with E-state index in [0.29, 0.717) is 11.3 Å². The molecule has 0 aliphatic carbocycles. The highest BCUT2D eigenvalue weighted by Crippen LogP contribution is 2.27. The molecule has 0 spiro atoms. The van der Waals surface area contributed by atoms with Gasteiger partial charge in [0.1, 0.15) is 16.4 Å². The van der Waals surface area contributed by atoms with Crippen LogP contribution in [0.15, 0.2) is 54.7 Å². The number of rotatable bonds is 8. The lowest BCUT2D eigenvalue weighted by Crippen LogP contribution is -2.21. The zero-order chi connectivity index (χ0) is 27.4. The molecule has 13 heteroatoms. The normalized spacial score (nSPS) is 10.5. The van der Waals surface area contributed by atoms with Gasteiger partial charge in [-0.15, -0.1) is 0 Å². The van der Waals surface area contributed by atoms with E-state index in [1.807, 2.05) is 6.92 Å². The number of benzene rings is 2. The second-order valence-electron chi connectivity index (χ2n) is 7.98. The molecular formula is C25H22N6O6S. The summed E-state index contributed by atoms with van der Waals surface area (Å²) in [5, 5.41) is 20.7. The van der Waals surface area contributed by atoms with Gasteiger partial charge < -0.3 is 20.5 Å². The maximum Gasteiger partial charge on any atom is 0.356 e. The maximum absolute atomic E-state index is 13.3. The Kier molecular flexibility index (Phi) is 7.48. The van der Waals surface area contributed by atoms with Crippen LogP contribution in [-0.4, -0.2) is 50.7 Å². The number of aromatic carboxylic acids is 1. The van der Waals surface area contributed by atoms with Gasteiger partial charge in [0, 0.05) is 18.7 Å². The van der Waals surface area contributed by atoms with E-state index >= 15 is 0 Å². The minimum atomic E-state index is -1.22. The fraction of sp³-hybridized carbons (Fsp3) is 0.120. The SMILES string of the molecule is COc1ccccc1C(=O)c1cc(C)ccc1NC(=O)Nc1ncc(C(=O)Nc2cc(C(=O)O)nn2C)s1. The van der Waals surface area contributed by atoms with Crippen molar-refractivity contribution in [2.45, 2.75) is 6.92 Å². The molecule has 0 saturated heterocycles. The fourth-order valence-electron chi connectivity index (χ4n) is 3.49. The van der Waals surface area contributed by atoms with E-state index in [9.17, 15) is 19.2 Å². The topological polar surface area (TPSA) is 165 Å². The van der Waals surface area contributed by atoms with Gasteiger partial charge in [0.25, 0.3) is 5.91 Å². The third-order valence-corrected chi connectivity index (χ3v) is 6.22.